The summed E-state index contributed by atoms with van der Waals surface area (Å²) >= 11 is 0. The van der Waals surface area contributed by atoms with Crippen LogP contribution in [0.3, 0.4) is 0 Å². The average molecular weight is 265 g/mol. The number of hydrogen-bond donors (Lipinski definition) is 1. The van der Waals surface area contributed by atoms with E-state index in [1.807, 2.05) is 0 Å². The molecule has 0 radical (unpaired) electrons. The third-order valence-electron chi connectivity index (χ3n) is 3.81. The normalized spacial score (nSPS) is 34.6. The van der Waals surface area contributed by atoms with E-state index in [-0.39, 0.29) is 24.6 Å². The van der Waals surface area contributed by atoms with Crippen molar-refractivity contribution in [2.75, 3.05) is 46.9 Å². The van der Waals surface area contributed by atoms with E-state index in [1.54, 1.807) is 14.2 Å². The number of nitrogens with zero attached hydrogens (tertiary/aromatic N) is 1. The monoisotopic (exact) mass is 264 g/mol. The lowest BCUT2D eigenvalue weighted by atomic mass is 9.99. The van der Waals surface area contributed by atoms with Gasteiger partial charge in [-0.15, -0.1) is 12.4 Å². The van der Waals surface area contributed by atoms with Crippen LogP contribution in [0.25, 0.3) is 0 Å². The molecule has 2 heterocycles. The van der Waals surface area contributed by atoms with E-state index < -0.39 is 0 Å². The molecule has 0 amide bonds. The summed E-state index contributed by atoms with van der Waals surface area (Å²) in [5.74, 6) is 0.807. The molecular formula is C12H25ClN2O2. The van der Waals surface area contributed by atoms with Gasteiger partial charge in [0.1, 0.15) is 0 Å². The molecule has 0 spiro atoms. The van der Waals surface area contributed by atoms with Gasteiger partial charge < -0.3 is 14.8 Å². The Morgan fingerprint density at radius 2 is 1.82 bits per heavy atom. The molecule has 0 saturated carbocycles. The third-order valence-corrected chi connectivity index (χ3v) is 3.81. The maximum atomic E-state index is 5.45. The van der Waals surface area contributed by atoms with Crippen molar-refractivity contribution in [1.29, 1.82) is 0 Å². The molecule has 2 saturated heterocycles. The predicted octanol–water partition coefficient (Wildman–Crippen LogP) is 0.753. The minimum absolute atomic E-state index is 0. The van der Waals surface area contributed by atoms with Crippen LogP contribution in [0, 0.1) is 5.92 Å². The second-order valence-corrected chi connectivity index (χ2v) is 4.98. The fourth-order valence-corrected chi connectivity index (χ4v) is 2.87. The molecule has 2 rings (SSSR count). The Morgan fingerprint density at radius 3 is 2.29 bits per heavy atom. The van der Waals surface area contributed by atoms with E-state index in [0.29, 0.717) is 0 Å². The molecule has 3 atom stereocenters. The Labute approximate surface area is 110 Å². The maximum absolute atomic E-state index is 5.45. The minimum atomic E-state index is 0. The topological polar surface area (TPSA) is 33.7 Å². The summed E-state index contributed by atoms with van der Waals surface area (Å²) in [7, 11) is 3.56. The van der Waals surface area contributed by atoms with Gasteiger partial charge in [-0.2, -0.15) is 0 Å². The van der Waals surface area contributed by atoms with Crippen LogP contribution in [0.15, 0.2) is 0 Å². The number of likely N-dealkylation sites (tertiary alicyclic amines) is 1. The van der Waals surface area contributed by atoms with Crippen molar-refractivity contribution in [2.24, 2.45) is 5.92 Å². The third kappa shape index (κ3) is 4.07. The highest BCUT2D eigenvalue weighted by Crippen LogP contribution is 2.19. The number of nitrogens with one attached hydrogen (secondary N) is 1. The summed E-state index contributed by atoms with van der Waals surface area (Å²) in [6.45, 7) is 5.59. The number of halogens is 1. The van der Waals surface area contributed by atoms with Crippen LogP contribution < -0.4 is 5.32 Å². The van der Waals surface area contributed by atoms with Crippen molar-refractivity contribution in [3.05, 3.63) is 0 Å². The van der Waals surface area contributed by atoms with Gasteiger partial charge in [-0.3, -0.25) is 4.90 Å². The van der Waals surface area contributed by atoms with Gasteiger partial charge in [-0.1, -0.05) is 0 Å². The van der Waals surface area contributed by atoms with Crippen LogP contribution in [0.1, 0.15) is 12.8 Å². The zero-order valence-electron chi connectivity index (χ0n) is 10.9. The molecule has 2 aliphatic heterocycles. The first-order chi connectivity index (χ1) is 7.83. The second kappa shape index (κ2) is 7.54. The molecule has 102 valence electrons. The Balaban J connectivity index is 0.00000144. The van der Waals surface area contributed by atoms with Crippen molar-refractivity contribution in [3.63, 3.8) is 0 Å². The first-order valence-electron chi connectivity index (χ1n) is 6.32. The molecule has 17 heavy (non-hydrogen) atoms. The van der Waals surface area contributed by atoms with Gasteiger partial charge in [0.2, 0.25) is 0 Å². The second-order valence-electron chi connectivity index (χ2n) is 4.98. The highest BCUT2D eigenvalue weighted by molar-refractivity contribution is 5.85. The molecule has 2 fully saturated rings. The zero-order valence-corrected chi connectivity index (χ0v) is 11.7. The van der Waals surface area contributed by atoms with Crippen molar-refractivity contribution in [2.45, 2.75) is 25.0 Å². The zero-order chi connectivity index (χ0) is 11.4. The van der Waals surface area contributed by atoms with Crippen LogP contribution in [-0.4, -0.2) is 64.1 Å². The summed E-state index contributed by atoms with van der Waals surface area (Å²) in [4.78, 5) is 2.49. The van der Waals surface area contributed by atoms with Crippen molar-refractivity contribution in [1.82, 2.24) is 10.2 Å². The van der Waals surface area contributed by atoms with Crippen LogP contribution in [0.2, 0.25) is 0 Å². The quantitative estimate of drug-likeness (QED) is 0.813. The average Bonchev–Trinajstić information content (AvgIpc) is 2.72. The fraction of sp³-hybridized carbons (Fsp3) is 1.00. The lowest BCUT2D eigenvalue weighted by Gasteiger charge is -2.27. The summed E-state index contributed by atoms with van der Waals surface area (Å²) in [6.07, 6.45) is 3.18. The Bertz CT molecular complexity index is 201. The SMILES string of the molecule is COC1CN(CC2CCCNC2)CC1OC.Cl. The smallest absolute Gasteiger partial charge is 0.0971 e. The predicted molar refractivity (Wildman–Crippen MR) is 70.9 cm³/mol. The molecule has 0 aromatic carbocycles. The van der Waals surface area contributed by atoms with Gasteiger partial charge in [0, 0.05) is 33.9 Å². The number of piperidine rings is 1. The molecular weight excluding hydrogens is 240 g/mol. The van der Waals surface area contributed by atoms with Crippen LogP contribution in [0.4, 0.5) is 0 Å². The van der Waals surface area contributed by atoms with Crippen molar-refractivity contribution in [3.8, 4) is 0 Å². The lowest BCUT2D eigenvalue weighted by molar-refractivity contribution is -0.00461. The number of hydrogen-bond acceptors (Lipinski definition) is 4. The van der Waals surface area contributed by atoms with Crippen LogP contribution in [0.5, 0.6) is 0 Å². The fourth-order valence-electron chi connectivity index (χ4n) is 2.87. The van der Waals surface area contributed by atoms with Crippen LogP contribution in [-0.2, 0) is 9.47 Å². The standard InChI is InChI=1S/C12H24N2O2.ClH/c1-15-11-8-14(9-12(11)16-2)7-10-4-3-5-13-6-10;/h10-13H,3-9H2,1-2H3;1H. The van der Waals surface area contributed by atoms with E-state index >= 15 is 0 Å². The molecule has 2 aliphatic rings. The summed E-state index contributed by atoms with van der Waals surface area (Å²) in [6, 6.07) is 0. The summed E-state index contributed by atoms with van der Waals surface area (Å²) in [5, 5.41) is 3.47. The molecule has 0 bridgehead atoms. The Morgan fingerprint density at radius 1 is 1.18 bits per heavy atom. The molecule has 5 heteroatoms. The molecule has 1 N–H and O–H groups in total. The van der Waals surface area contributed by atoms with Gasteiger partial charge in [0.05, 0.1) is 12.2 Å². The number of ether oxygens (including phenoxy) is 2. The van der Waals surface area contributed by atoms with Crippen molar-refractivity contribution >= 4 is 12.4 Å². The summed E-state index contributed by atoms with van der Waals surface area (Å²) in [5.41, 5.74) is 0. The molecule has 0 aromatic heterocycles. The first kappa shape index (κ1) is 15.2. The molecule has 4 nitrogen and oxygen atoms in total. The van der Waals surface area contributed by atoms with E-state index in [4.69, 9.17) is 9.47 Å². The van der Waals surface area contributed by atoms with E-state index in [9.17, 15) is 0 Å². The molecule has 0 aliphatic carbocycles. The Kier molecular flexibility index (Phi) is 6.74. The highest BCUT2D eigenvalue weighted by atomic mass is 35.5. The lowest BCUT2D eigenvalue weighted by Crippen LogP contribution is -2.38. The summed E-state index contributed by atoms with van der Waals surface area (Å²) < 4.78 is 10.9. The molecule has 3 unspecified atom stereocenters. The van der Waals surface area contributed by atoms with Gasteiger partial charge in [-0.05, 0) is 31.8 Å². The van der Waals surface area contributed by atoms with Gasteiger partial charge in [0.15, 0.2) is 0 Å². The number of rotatable bonds is 4. The van der Waals surface area contributed by atoms with E-state index in [2.05, 4.69) is 10.2 Å². The molecule has 0 aromatic rings. The van der Waals surface area contributed by atoms with Gasteiger partial charge in [-0.25, -0.2) is 0 Å². The first-order valence-corrected chi connectivity index (χ1v) is 6.32. The minimum Gasteiger partial charge on any atom is -0.377 e. The highest BCUT2D eigenvalue weighted by Gasteiger charge is 2.33. The van der Waals surface area contributed by atoms with E-state index in [1.165, 1.54) is 32.5 Å². The Hall–Kier alpha value is 0.130. The number of methoxy groups -OCH3 is 2. The van der Waals surface area contributed by atoms with Crippen molar-refractivity contribution < 1.29 is 9.47 Å². The van der Waals surface area contributed by atoms with Gasteiger partial charge in [0.25, 0.3) is 0 Å². The maximum Gasteiger partial charge on any atom is 0.0971 e. The largest absolute Gasteiger partial charge is 0.377 e. The van der Waals surface area contributed by atoms with Gasteiger partial charge >= 0.3 is 0 Å². The van der Waals surface area contributed by atoms with E-state index in [0.717, 1.165) is 19.0 Å². The van der Waals surface area contributed by atoms with Crippen LogP contribution >= 0.6 is 12.4 Å².